The Morgan fingerprint density at radius 2 is 1.86 bits per heavy atom. The Morgan fingerprint density at radius 1 is 1.27 bits per heavy atom. The van der Waals surface area contributed by atoms with Crippen molar-refractivity contribution in [2.45, 2.75) is 37.8 Å². The Hall–Kier alpha value is -1.10. The fraction of sp³-hybridized carbons (Fsp3) is 0.588. The summed E-state index contributed by atoms with van der Waals surface area (Å²) in [6, 6.07) is 7.57. The van der Waals surface area contributed by atoms with Gasteiger partial charge in [-0.25, -0.2) is 0 Å². The van der Waals surface area contributed by atoms with E-state index in [2.05, 4.69) is 10.2 Å². The molecule has 0 aliphatic heterocycles. The molecule has 1 aromatic carbocycles. The van der Waals surface area contributed by atoms with Crippen molar-refractivity contribution >= 4 is 17.5 Å². The van der Waals surface area contributed by atoms with E-state index in [0.717, 1.165) is 37.8 Å². The molecule has 1 atom stereocenters. The Morgan fingerprint density at radius 3 is 2.41 bits per heavy atom. The molecule has 4 nitrogen and oxygen atoms in total. The molecule has 1 fully saturated rings. The van der Waals surface area contributed by atoms with Crippen LogP contribution in [0.1, 0.15) is 37.3 Å². The largest absolute Gasteiger partial charge is 0.393 e. The van der Waals surface area contributed by atoms with Gasteiger partial charge < -0.3 is 15.3 Å². The number of aliphatic hydroxyl groups excluding tert-OH is 1. The molecular formula is C17H25ClN2O2. The van der Waals surface area contributed by atoms with E-state index in [1.807, 2.05) is 38.4 Å². The molecule has 1 aliphatic carbocycles. The highest BCUT2D eigenvalue weighted by Gasteiger charge is 2.27. The Balaban J connectivity index is 2.03. The van der Waals surface area contributed by atoms with E-state index in [9.17, 15) is 9.90 Å². The van der Waals surface area contributed by atoms with E-state index in [4.69, 9.17) is 11.6 Å². The van der Waals surface area contributed by atoms with Gasteiger partial charge in [0.15, 0.2) is 0 Å². The summed E-state index contributed by atoms with van der Waals surface area (Å²) in [6.45, 7) is 0.739. The number of rotatable bonds is 5. The molecule has 0 spiro atoms. The quantitative estimate of drug-likeness (QED) is 0.875. The van der Waals surface area contributed by atoms with Crippen LogP contribution in [-0.2, 0) is 4.79 Å². The molecule has 5 heteroatoms. The van der Waals surface area contributed by atoms with Crippen LogP contribution in [0.5, 0.6) is 0 Å². The number of halogens is 1. The third-order valence-corrected chi connectivity index (χ3v) is 4.46. The van der Waals surface area contributed by atoms with Gasteiger partial charge in [0, 0.05) is 17.5 Å². The predicted octanol–water partition coefficient (Wildman–Crippen LogP) is 2.61. The number of carbonyl (C=O) groups excluding carboxylic acids is 1. The molecule has 0 heterocycles. The van der Waals surface area contributed by atoms with Gasteiger partial charge in [0.1, 0.15) is 0 Å². The van der Waals surface area contributed by atoms with Crippen LogP contribution in [-0.4, -0.2) is 42.7 Å². The zero-order valence-corrected chi connectivity index (χ0v) is 14.0. The highest BCUT2D eigenvalue weighted by atomic mass is 35.5. The van der Waals surface area contributed by atoms with E-state index in [0.29, 0.717) is 5.02 Å². The predicted molar refractivity (Wildman–Crippen MR) is 88.9 cm³/mol. The standard InChI is InChI=1S/C17H25ClN2O2/c1-20(2)11-16(12-3-7-14(18)8-4-12)19-17(22)13-5-9-15(21)10-6-13/h3-4,7-8,13,15-16,21H,5-6,9-11H2,1-2H3,(H,19,22)/t13?,15?,16-/m1/s1. The SMILES string of the molecule is CN(C)C[C@@H](NC(=O)C1CCC(O)CC1)c1ccc(Cl)cc1. The molecule has 0 aromatic heterocycles. The molecule has 2 N–H and O–H groups in total. The fourth-order valence-corrected chi connectivity index (χ4v) is 3.05. The van der Waals surface area contributed by atoms with Crippen LogP contribution in [0, 0.1) is 5.92 Å². The van der Waals surface area contributed by atoms with Gasteiger partial charge in [-0.2, -0.15) is 0 Å². The lowest BCUT2D eigenvalue weighted by atomic mass is 9.86. The lowest BCUT2D eigenvalue weighted by Crippen LogP contribution is -2.40. The molecular weight excluding hydrogens is 300 g/mol. The summed E-state index contributed by atoms with van der Waals surface area (Å²) >= 11 is 5.94. The molecule has 0 bridgehead atoms. The number of carbonyl (C=O) groups is 1. The highest BCUT2D eigenvalue weighted by molar-refractivity contribution is 6.30. The molecule has 0 radical (unpaired) electrons. The Labute approximate surface area is 137 Å². The summed E-state index contributed by atoms with van der Waals surface area (Å²) in [5.74, 6) is 0.106. The van der Waals surface area contributed by atoms with Crippen molar-refractivity contribution in [2.24, 2.45) is 5.92 Å². The number of benzene rings is 1. The van der Waals surface area contributed by atoms with Crippen LogP contribution in [0.2, 0.25) is 5.02 Å². The minimum Gasteiger partial charge on any atom is -0.393 e. The first kappa shape index (κ1) is 17.3. The molecule has 1 saturated carbocycles. The third kappa shape index (κ3) is 4.97. The first-order chi connectivity index (χ1) is 10.5. The van der Waals surface area contributed by atoms with E-state index in [-0.39, 0.29) is 24.0 Å². The van der Waals surface area contributed by atoms with Gasteiger partial charge in [0.05, 0.1) is 12.1 Å². The zero-order valence-electron chi connectivity index (χ0n) is 13.3. The van der Waals surface area contributed by atoms with Crippen molar-refractivity contribution in [3.05, 3.63) is 34.9 Å². The van der Waals surface area contributed by atoms with Gasteiger partial charge in [0.25, 0.3) is 0 Å². The van der Waals surface area contributed by atoms with Crippen LogP contribution < -0.4 is 5.32 Å². The maximum absolute atomic E-state index is 12.5. The van der Waals surface area contributed by atoms with Gasteiger partial charge >= 0.3 is 0 Å². The molecule has 1 amide bonds. The smallest absolute Gasteiger partial charge is 0.223 e. The van der Waals surface area contributed by atoms with E-state index < -0.39 is 0 Å². The molecule has 1 aromatic rings. The van der Waals surface area contributed by atoms with E-state index in [1.165, 1.54) is 0 Å². The van der Waals surface area contributed by atoms with Crippen molar-refractivity contribution in [2.75, 3.05) is 20.6 Å². The Kier molecular flexibility index (Phi) is 6.24. The molecule has 0 saturated heterocycles. The lowest BCUT2D eigenvalue weighted by molar-refractivity contribution is -0.127. The monoisotopic (exact) mass is 324 g/mol. The van der Waals surface area contributed by atoms with Crippen molar-refractivity contribution in [3.63, 3.8) is 0 Å². The fourth-order valence-electron chi connectivity index (χ4n) is 2.92. The normalized spacial score (nSPS) is 23.3. The second-order valence-corrected chi connectivity index (χ2v) is 6.82. The number of amides is 1. The molecule has 2 rings (SSSR count). The van der Waals surface area contributed by atoms with Crippen molar-refractivity contribution in [3.8, 4) is 0 Å². The topological polar surface area (TPSA) is 52.6 Å². The molecule has 22 heavy (non-hydrogen) atoms. The van der Waals surface area contributed by atoms with E-state index >= 15 is 0 Å². The van der Waals surface area contributed by atoms with E-state index in [1.54, 1.807) is 0 Å². The van der Waals surface area contributed by atoms with Gasteiger partial charge in [0.2, 0.25) is 5.91 Å². The molecule has 1 aliphatic rings. The van der Waals surface area contributed by atoms with Gasteiger partial charge in [-0.3, -0.25) is 4.79 Å². The summed E-state index contributed by atoms with van der Waals surface area (Å²) < 4.78 is 0. The summed E-state index contributed by atoms with van der Waals surface area (Å²) in [6.07, 6.45) is 2.73. The number of hydrogen-bond donors (Lipinski definition) is 2. The van der Waals surface area contributed by atoms with Crippen LogP contribution in [0.15, 0.2) is 24.3 Å². The summed E-state index contributed by atoms with van der Waals surface area (Å²) in [5.41, 5.74) is 1.06. The average Bonchev–Trinajstić information content (AvgIpc) is 2.47. The number of nitrogens with zero attached hydrogens (tertiary/aromatic N) is 1. The first-order valence-corrected chi connectivity index (χ1v) is 8.22. The zero-order chi connectivity index (χ0) is 16.1. The van der Waals surface area contributed by atoms with Gasteiger partial charge in [-0.05, 0) is 57.5 Å². The molecule has 122 valence electrons. The van der Waals surface area contributed by atoms with Gasteiger partial charge in [-0.15, -0.1) is 0 Å². The van der Waals surface area contributed by atoms with Crippen LogP contribution in [0.4, 0.5) is 0 Å². The second-order valence-electron chi connectivity index (χ2n) is 6.38. The maximum atomic E-state index is 12.5. The number of aliphatic hydroxyl groups is 1. The number of hydrogen-bond acceptors (Lipinski definition) is 3. The number of likely N-dealkylation sites (N-methyl/N-ethyl adjacent to an activating group) is 1. The summed E-state index contributed by atoms with van der Waals surface area (Å²) in [4.78, 5) is 14.6. The van der Waals surface area contributed by atoms with Crippen LogP contribution in [0.3, 0.4) is 0 Å². The van der Waals surface area contributed by atoms with Crippen molar-refractivity contribution in [1.82, 2.24) is 10.2 Å². The van der Waals surface area contributed by atoms with Crippen molar-refractivity contribution < 1.29 is 9.90 Å². The molecule has 0 unspecified atom stereocenters. The second kappa shape index (κ2) is 7.95. The maximum Gasteiger partial charge on any atom is 0.223 e. The minimum atomic E-state index is -0.238. The number of nitrogens with one attached hydrogen (secondary N) is 1. The third-order valence-electron chi connectivity index (χ3n) is 4.20. The summed E-state index contributed by atoms with van der Waals surface area (Å²) in [7, 11) is 3.98. The first-order valence-electron chi connectivity index (χ1n) is 7.84. The minimum absolute atomic E-state index is 0.0142. The average molecular weight is 325 g/mol. The highest BCUT2D eigenvalue weighted by Crippen LogP contribution is 2.25. The van der Waals surface area contributed by atoms with Gasteiger partial charge in [-0.1, -0.05) is 23.7 Å². The van der Waals surface area contributed by atoms with Crippen molar-refractivity contribution in [1.29, 1.82) is 0 Å². The summed E-state index contributed by atoms with van der Waals surface area (Å²) in [5, 5.41) is 13.4. The van der Waals surface area contributed by atoms with Crippen LogP contribution in [0.25, 0.3) is 0 Å². The Bertz CT molecular complexity index is 482. The van der Waals surface area contributed by atoms with Crippen LogP contribution >= 0.6 is 11.6 Å². The lowest BCUT2D eigenvalue weighted by Gasteiger charge is -2.28.